The third-order valence-electron chi connectivity index (χ3n) is 3.98. The topological polar surface area (TPSA) is 80.9 Å². The molecule has 0 aliphatic carbocycles. The van der Waals surface area contributed by atoms with Crippen LogP contribution in [0.1, 0.15) is 30.0 Å². The van der Waals surface area contributed by atoms with Crippen LogP contribution in [0.5, 0.6) is 0 Å². The molecule has 2 aromatic carbocycles. The molecule has 0 spiro atoms. The Labute approximate surface area is 159 Å². The molecule has 3 N–H and O–H groups in total. The van der Waals surface area contributed by atoms with Crippen LogP contribution in [0.3, 0.4) is 0 Å². The molecule has 0 unspecified atom stereocenters. The number of aryl methyl sites for hydroxylation is 1. The zero-order valence-corrected chi connectivity index (χ0v) is 15.4. The van der Waals surface area contributed by atoms with Crippen LogP contribution in [-0.4, -0.2) is 16.1 Å². The molecule has 0 radical (unpaired) electrons. The minimum atomic E-state index is -0.698. The Morgan fingerprint density at radius 1 is 1.19 bits per heavy atom. The van der Waals surface area contributed by atoms with Crippen LogP contribution in [-0.2, 0) is 11.2 Å². The lowest BCUT2D eigenvalue weighted by molar-refractivity contribution is -0.119. The number of hydrogen-bond acceptors (Lipinski definition) is 5. The molecule has 5 nitrogen and oxygen atoms in total. The number of hydrogen-bond donors (Lipinski definition) is 2. The molecule has 1 atom stereocenters. The number of benzene rings is 2. The number of aromatic nitrogens is 2. The van der Waals surface area contributed by atoms with Crippen molar-refractivity contribution >= 4 is 22.9 Å². The van der Waals surface area contributed by atoms with E-state index >= 15 is 0 Å². The molecule has 8 heteroatoms. The highest BCUT2D eigenvalue weighted by atomic mass is 32.1. The number of carbonyl (C=O) groups excluding carboxylic acids is 1. The first kappa shape index (κ1) is 18.9. The molecule has 0 saturated carbocycles. The maximum atomic E-state index is 14.0. The van der Waals surface area contributed by atoms with Gasteiger partial charge in [-0.1, -0.05) is 23.5 Å². The first-order chi connectivity index (χ1) is 12.9. The predicted molar refractivity (Wildman–Crippen MR) is 101 cm³/mol. The number of nitrogens with two attached hydrogens (primary N) is 1. The molecule has 3 rings (SSSR count). The first-order valence-electron chi connectivity index (χ1n) is 8.32. The van der Waals surface area contributed by atoms with E-state index in [0.717, 1.165) is 11.6 Å². The quantitative estimate of drug-likeness (QED) is 0.628. The van der Waals surface area contributed by atoms with E-state index in [2.05, 4.69) is 15.5 Å². The molecular weight excluding hydrogens is 370 g/mol. The van der Waals surface area contributed by atoms with E-state index in [1.807, 2.05) is 24.3 Å². The van der Waals surface area contributed by atoms with Gasteiger partial charge in [-0.2, -0.15) is 0 Å². The fourth-order valence-corrected chi connectivity index (χ4v) is 3.60. The summed E-state index contributed by atoms with van der Waals surface area (Å²) in [4.78, 5) is 11.6. The SMILES string of the molecule is CC(=O)N[C@@H](CCc1ccc(N)cc1)c1nnc(-c2ccc(F)cc2F)s1. The third-order valence-corrected chi connectivity index (χ3v) is 5.05. The van der Waals surface area contributed by atoms with E-state index < -0.39 is 11.6 Å². The molecule has 3 aromatic rings. The van der Waals surface area contributed by atoms with Crippen molar-refractivity contribution in [3.63, 3.8) is 0 Å². The van der Waals surface area contributed by atoms with Crippen LogP contribution in [0.2, 0.25) is 0 Å². The maximum Gasteiger partial charge on any atom is 0.217 e. The van der Waals surface area contributed by atoms with Crippen LogP contribution in [0.4, 0.5) is 14.5 Å². The van der Waals surface area contributed by atoms with Crippen molar-refractivity contribution in [1.82, 2.24) is 15.5 Å². The van der Waals surface area contributed by atoms with E-state index in [0.29, 0.717) is 28.5 Å². The highest BCUT2D eigenvalue weighted by Gasteiger charge is 2.20. The Balaban J connectivity index is 1.79. The van der Waals surface area contributed by atoms with Gasteiger partial charge in [0.15, 0.2) is 5.01 Å². The minimum absolute atomic E-state index is 0.181. The van der Waals surface area contributed by atoms with Crippen molar-refractivity contribution in [1.29, 1.82) is 0 Å². The Morgan fingerprint density at radius 2 is 1.93 bits per heavy atom. The Bertz CT molecular complexity index is 943. The van der Waals surface area contributed by atoms with Gasteiger partial charge in [0.2, 0.25) is 5.91 Å². The number of rotatable bonds is 6. The lowest BCUT2D eigenvalue weighted by Crippen LogP contribution is -2.26. The Kier molecular flexibility index (Phi) is 5.75. The van der Waals surface area contributed by atoms with E-state index in [4.69, 9.17) is 5.73 Å². The summed E-state index contributed by atoms with van der Waals surface area (Å²) in [7, 11) is 0. The van der Waals surface area contributed by atoms with Crippen molar-refractivity contribution < 1.29 is 13.6 Å². The van der Waals surface area contributed by atoms with Gasteiger partial charge in [-0.25, -0.2) is 8.78 Å². The highest BCUT2D eigenvalue weighted by Crippen LogP contribution is 2.30. The van der Waals surface area contributed by atoms with Gasteiger partial charge in [-0.3, -0.25) is 4.79 Å². The van der Waals surface area contributed by atoms with Crippen molar-refractivity contribution in [3.8, 4) is 10.6 Å². The standard InChI is InChI=1S/C19H18F2N4OS/c1-11(26)23-17(9-4-12-2-6-14(22)7-3-12)19-25-24-18(27-19)15-8-5-13(20)10-16(15)21/h2-3,5-8,10,17H,4,9,22H2,1H3,(H,23,26)/t17-/m0/s1. The highest BCUT2D eigenvalue weighted by molar-refractivity contribution is 7.14. The molecule has 0 aliphatic heterocycles. The molecule has 0 saturated heterocycles. The van der Waals surface area contributed by atoms with Gasteiger partial charge >= 0.3 is 0 Å². The van der Waals surface area contributed by atoms with Crippen molar-refractivity contribution in [2.45, 2.75) is 25.8 Å². The summed E-state index contributed by atoms with van der Waals surface area (Å²) in [6, 6.07) is 10.5. The van der Waals surface area contributed by atoms with Gasteiger partial charge in [-0.15, -0.1) is 10.2 Å². The zero-order chi connectivity index (χ0) is 19.4. The second kappa shape index (κ2) is 8.22. The summed E-state index contributed by atoms with van der Waals surface area (Å²) in [5.74, 6) is -1.54. The molecule has 27 heavy (non-hydrogen) atoms. The molecule has 1 amide bonds. The third kappa shape index (κ3) is 4.85. The number of carbonyl (C=O) groups is 1. The van der Waals surface area contributed by atoms with Gasteiger partial charge in [0.1, 0.15) is 16.6 Å². The monoisotopic (exact) mass is 388 g/mol. The molecule has 140 valence electrons. The number of halogens is 2. The summed E-state index contributed by atoms with van der Waals surface area (Å²) in [5, 5.41) is 11.9. The summed E-state index contributed by atoms with van der Waals surface area (Å²) in [6.45, 7) is 1.43. The van der Waals surface area contributed by atoms with Gasteiger partial charge in [-0.05, 0) is 42.7 Å². The summed E-state index contributed by atoms with van der Waals surface area (Å²) in [6.07, 6.45) is 1.30. The minimum Gasteiger partial charge on any atom is -0.399 e. The van der Waals surface area contributed by atoms with Crippen molar-refractivity contribution in [3.05, 3.63) is 64.7 Å². The number of amides is 1. The number of nitrogen functional groups attached to an aromatic ring is 1. The second-order valence-electron chi connectivity index (χ2n) is 6.10. The van der Waals surface area contributed by atoms with E-state index in [1.165, 1.54) is 30.4 Å². The van der Waals surface area contributed by atoms with Gasteiger partial charge in [0.05, 0.1) is 6.04 Å². The average Bonchev–Trinajstić information content (AvgIpc) is 3.09. The number of anilines is 1. The normalized spacial score (nSPS) is 12.0. The van der Waals surface area contributed by atoms with Crippen LogP contribution >= 0.6 is 11.3 Å². The fraction of sp³-hybridized carbons (Fsp3) is 0.211. The number of nitrogens with one attached hydrogen (secondary N) is 1. The molecule has 1 aromatic heterocycles. The second-order valence-corrected chi connectivity index (χ2v) is 7.11. The molecule has 0 aliphatic rings. The molecule has 0 fully saturated rings. The Hall–Kier alpha value is -2.87. The van der Waals surface area contributed by atoms with Crippen LogP contribution < -0.4 is 11.1 Å². The lowest BCUT2D eigenvalue weighted by atomic mass is 10.1. The largest absolute Gasteiger partial charge is 0.399 e. The van der Waals surface area contributed by atoms with Crippen LogP contribution in [0, 0.1) is 11.6 Å². The van der Waals surface area contributed by atoms with E-state index in [9.17, 15) is 13.6 Å². The first-order valence-corrected chi connectivity index (χ1v) is 9.14. The van der Waals surface area contributed by atoms with Crippen LogP contribution in [0.25, 0.3) is 10.6 Å². The van der Waals surface area contributed by atoms with E-state index in [-0.39, 0.29) is 17.5 Å². The van der Waals surface area contributed by atoms with Gasteiger partial charge < -0.3 is 11.1 Å². The zero-order valence-electron chi connectivity index (χ0n) is 14.6. The van der Waals surface area contributed by atoms with Crippen molar-refractivity contribution in [2.75, 3.05) is 5.73 Å². The average molecular weight is 388 g/mol. The van der Waals surface area contributed by atoms with E-state index in [1.54, 1.807) is 0 Å². The van der Waals surface area contributed by atoms with Gasteiger partial charge in [0, 0.05) is 24.2 Å². The predicted octanol–water partition coefficient (Wildman–Crippen LogP) is 3.88. The number of nitrogens with zero attached hydrogens (tertiary/aromatic N) is 2. The Morgan fingerprint density at radius 3 is 2.59 bits per heavy atom. The smallest absolute Gasteiger partial charge is 0.217 e. The van der Waals surface area contributed by atoms with Gasteiger partial charge in [0.25, 0.3) is 0 Å². The summed E-state index contributed by atoms with van der Waals surface area (Å²) in [5.41, 5.74) is 7.64. The molecular formula is C19H18F2N4OS. The summed E-state index contributed by atoms with van der Waals surface area (Å²) >= 11 is 1.17. The van der Waals surface area contributed by atoms with Crippen molar-refractivity contribution in [2.24, 2.45) is 0 Å². The fourth-order valence-electron chi connectivity index (χ4n) is 2.65. The van der Waals surface area contributed by atoms with Crippen LogP contribution in [0.15, 0.2) is 42.5 Å². The maximum absolute atomic E-state index is 14.0. The summed E-state index contributed by atoms with van der Waals surface area (Å²) < 4.78 is 27.1. The molecule has 1 heterocycles. The lowest BCUT2D eigenvalue weighted by Gasteiger charge is -2.14. The molecule has 0 bridgehead atoms.